The Morgan fingerprint density at radius 2 is 2.19 bits per heavy atom. The summed E-state index contributed by atoms with van der Waals surface area (Å²) in [7, 11) is -3.35. The molecule has 1 aromatic rings. The van der Waals surface area contributed by atoms with Crippen LogP contribution < -0.4 is 10.5 Å². The van der Waals surface area contributed by atoms with E-state index in [9.17, 15) is 8.42 Å². The molecule has 0 aliphatic carbocycles. The van der Waals surface area contributed by atoms with Crippen LogP contribution >= 0.6 is 11.3 Å². The Hall–Kier alpha value is -0.430. The molecule has 6 heteroatoms. The molecule has 0 bridgehead atoms. The van der Waals surface area contributed by atoms with Gasteiger partial charge >= 0.3 is 0 Å². The molecule has 0 fully saturated rings. The zero-order valence-corrected chi connectivity index (χ0v) is 11.2. The minimum Gasteiger partial charge on any atom is -0.326 e. The molecular formula is C10H18N2O2S2. The highest BCUT2D eigenvalue weighted by Gasteiger charge is 2.18. The van der Waals surface area contributed by atoms with Crippen molar-refractivity contribution in [2.75, 3.05) is 6.54 Å². The van der Waals surface area contributed by atoms with Crippen LogP contribution in [-0.2, 0) is 16.6 Å². The van der Waals surface area contributed by atoms with Gasteiger partial charge in [-0.25, -0.2) is 13.1 Å². The number of hydrogen-bond acceptors (Lipinski definition) is 4. The second-order valence-corrected chi connectivity index (χ2v) is 6.66. The molecule has 0 aliphatic heterocycles. The zero-order chi connectivity index (χ0) is 12.2. The Kier molecular flexibility index (Phi) is 4.91. The SMILES string of the molecule is CCCCNS(=O)(=O)c1cc(CN)sc1C. The van der Waals surface area contributed by atoms with Crippen molar-refractivity contribution < 1.29 is 8.42 Å². The minimum atomic E-state index is -3.35. The summed E-state index contributed by atoms with van der Waals surface area (Å²) >= 11 is 1.44. The van der Waals surface area contributed by atoms with E-state index >= 15 is 0 Å². The van der Waals surface area contributed by atoms with Crippen LogP contribution in [0.3, 0.4) is 0 Å². The summed E-state index contributed by atoms with van der Waals surface area (Å²) in [5.41, 5.74) is 5.49. The number of aryl methyl sites for hydroxylation is 1. The molecule has 0 saturated carbocycles. The van der Waals surface area contributed by atoms with Gasteiger partial charge in [0.05, 0.1) is 4.90 Å². The predicted octanol–water partition coefficient (Wildman–Crippen LogP) is 1.59. The Balaban J connectivity index is 2.85. The fourth-order valence-electron chi connectivity index (χ4n) is 1.35. The Labute approximate surface area is 101 Å². The van der Waals surface area contributed by atoms with Gasteiger partial charge in [0.15, 0.2) is 0 Å². The highest BCUT2D eigenvalue weighted by atomic mass is 32.2. The van der Waals surface area contributed by atoms with E-state index in [1.54, 1.807) is 13.0 Å². The van der Waals surface area contributed by atoms with Crippen molar-refractivity contribution in [2.24, 2.45) is 5.73 Å². The molecule has 0 unspecified atom stereocenters. The first kappa shape index (κ1) is 13.6. The fourth-order valence-corrected chi connectivity index (χ4v) is 3.94. The first-order valence-corrected chi connectivity index (χ1v) is 7.60. The van der Waals surface area contributed by atoms with Gasteiger partial charge in [0.1, 0.15) is 0 Å². The van der Waals surface area contributed by atoms with Crippen molar-refractivity contribution in [3.05, 3.63) is 15.8 Å². The van der Waals surface area contributed by atoms with Crippen LogP contribution in [0, 0.1) is 6.92 Å². The van der Waals surface area contributed by atoms with Gasteiger partial charge in [-0.05, 0) is 19.4 Å². The van der Waals surface area contributed by atoms with Gasteiger partial charge in [-0.3, -0.25) is 0 Å². The first-order valence-electron chi connectivity index (χ1n) is 5.30. The van der Waals surface area contributed by atoms with E-state index in [0.29, 0.717) is 18.0 Å². The van der Waals surface area contributed by atoms with Gasteiger partial charge in [-0.15, -0.1) is 11.3 Å². The summed E-state index contributed by atoms with van der Waals surface area (Å²) in [5, 5.41) is 0. The number of thiophene rings is 1. The minimum absolute atomic E-state index is 0.369. The van der Waals surface area contributed by atoms with Crippen LogP contribution in [0.25, 0.3) is 0 Å². The normalized spacial score (nSPS) is 11.9. The molecule has 92 valence electrons. The molecule has 0 aliphatic rings. The summed E-state index contributed by atoms with van der Waals surface area (Å²) in [5.74, 6) is 0. The summed E-state index contributed by atoms with van der Waals surface area (Å²) < 4.78 is 26.4. The number of unbranched alkanes of at least 4 members (excludes halogenated alkanes) is 1. The van der Waals surface area contributed by atoms with Gasteiger partial charge in [0.25, 0.3) is 0 Å². The molecule has 0 amide bonds. The van der Waals surface area contributed by atoms with Crippen molar-refractivity contribution in [1.29, 1.82) is 0 Å². The lowest BCUT2D eigenvalue weighted by Gasteiger charge is -2.04. The summed E-state index contributed by atoms with van der Waals surface area (Å²) in [6, 6.07) is 1.66. The molecule has 4 nitrogen and oxygen atoms in total. The van der Waals surface area contributed by atoms with Crippen molar-refractivity contribution in [3.8, 4) is 0 Å². The maximum atomic E-state index is 11.9. The third-order valence-electron chi connectivity index (χ3n) is 2.24. The smallest absolute Gasteiger partial charge is 0.241 e. The van der Waals surface area contributed by atoms with Crippen LogP contribution in [0.15, 0.2) is 11.0 Å². The third kappa shape index (κ3) is 3.28. The average Bonchev–Trinajstić information content (AvgIpc) is 2.60. The predicted molar refractivity (Wildman–Crippen MR) is 67.0 cm³/mol. The van der Waals surface area contributed by atoms with Gasteiger partial charge < -0.3 is 5.73 Å². The van der Waals surface area contributed by atoms with Crippen molar-refractivity contribution >= 4 is 21.4 Å². The first-order chi connectivity index (χ1) is 7.51. The van der Waals surface area contributed by atoms with Crippen LogP contribution in [0.4, 0.5) is 0 Å². The lowest BCUT2D eigenvalue weighted by Crippen LogP contribution is -2.24. The van der Waals surface area contributed by atoms with E-state index in [1.165, 1.54) is 11.3 Å². The topological polar surface area (TPSA) is 72.2 Å². The lowest BCUT2D eigenvalue weighted by atomic mass is 10.3. The molecule has 0 saturated heterocycles. The molecule has 0 spiro atoms. The molecule has 3 N–H and O–H groups in total. The number of nitrogens with one attached hydrogen (secondary N) is 1. The molecule has 1 aromatic heterocycles. The molecular weight excluding hydrogens is 244 g/mol. The van der Waals surface area contributed by atoms with Crippen LogP contribution in [0.1, 0.15) is 29.5 Å². The molecule has 1 heterocycles. The van der Waals surface area contributed by atoms with E-state index < -0.39 is 10.0 Å². The highest BCUT2D eigenvalue weighted by molar-refractivity contribution is 7.89. The summed E-state index contributed by atoms with van der Waals surface area (Å²) in [4.78, 5) is 2.06. The number of sulfonamides is 1. The number of hydrogen-bond donors (Lipinski definition) is 2. The fraction of sp³-hybridized carbons (Fsp3) is 0.600. The lowest BCUT2D eigenvalue weighted by molar-refractivity contribution is 0.578. The van der Waals surface area contributed by atoms with Gasteiger partial charge in [0.2, 0.25) is 10.0 Å². The van der Waals surface area contributed by atoms with E-state index in [2.05, 4.69) is 4.72 Å². The average molecular weight is 262 g/mol. The molecule has 1 rings (SSSR count). The second-order valence-electron chi connectivity index (χ2n) is 3.59. The Bertz CT molecular complexity index is 438. The number of nitrogens with two attached hydrogens (primary N) is 1. The number of rotatable bonds is 6. The van der Waals surface area contributed by atoms with E-state index in [0.717, 1.165) is 22.6 Å². The van der Waals surface area contributed by atoms with Crippen LogP contribution in [-0.4, -0.2) is 15.0 Å². The Morgan fingerprint density at radius 1 is 1.50 bits per heavy atom. The highest BCUT2D eigenvalue weighted by Crippen LogP contribution is 2.25. The third-order valence-corrected chi connectivity index (χ3v) is 5.03. The van der Waals surface area contributed by atoms with Gasteiger partial charge in [-0.1, -0.05) is 13.3 Å². The van der Waals surface area contributed by atoms with E-state index in [1.807, 2.05) is 6.92 Å². The van der Waals surface area contributed by atoms with E-state index in [4.69, 9.17) is 5.73 Å². The molecule has 0 atom stereocenters. The maximum absolute atomic E-state index is 11.9. The molecule has 0 aromatic carbocycles. The summed E-state index contributed by atoms with van der Waals surface area (Å²) in [6.45, 7) is 4.71. The molecule has 0 radical (unpaired) electrons. The maximum Gasteiger partial charge on any atom is 0.241 e. The zero-order valence-electron chi connectivity index (χ0n) is 9.62. The van der Waals surface area contributed by atoms with Crippen molar-refractivity contribution in [3.63, 3.8) is 0 Å². The van der Waals surface area contributed by atoms with Gasteiger partial charge in [0, 0.05) is 22.8 Å². The van der Waals surface area contributed by atoms with Crippen LogP contribution in [0.5, 0.6) is 0 Å². The van der Waals surface area contributed by atoms with Crippen LogP contribution in [0.2, 0.25) is 0 Å². The monoisotopic (exact) mass is 262 g/mol. The van der Waals surface area contributed by atoms with Crippen molar-refractivity contribution in [2.45, 2.75) is 38.1 Å². The standard InChI is InChI=1S/C10H18N2O2S2/c1-3-4-5-12-16(13,14)10-6-9(7-11)15-8(10)2/h6,12H,3-5,7,11H2,1-2H3. The van der Waals surface area contributed by atoms with E-state index in [-0.39, 0.29) is 0 Å². The second kappa shape index (κ2) is 5.77. The molecule has 16 heavy (non-hydrogen) atoms. The Morgan fingerprint density at radius 3 is 2.69 bits per heavy atom. The summed E-state index contributed by atoms with van der Waals surface area (Å²) in [6.07, 6.45) is 1.82. The quantitative estimate of drug-likeness (QED) is 0.765. The van der Waals surface area contributed by atoms with Crippen molar-refractivity contribution in [1.82, 2.24) is 4.72 Å². The van der Waals surface area contributed by atoms with Gasteiger partial charge in [-0.2, -0.15) is 0 Å². The largest absolute Gasteiger partial charge is 0.326 e.